The zero-order valence-corrected chi connectivity index (χ0v) is 15.0. The van der Waals surface area contributed by atoms with Crippen molar-refractivity contribution >= 4 is 17.3 Å². The Morgan fingerprint density at radius 3 is 2.38 bits per heavy atom. The molecule has 0 saturated carbocycles. The summed E-state index contributed by atoms with van der Waals surface area (Å²) in [5.41, 5.74) is 3.70. The highest BCUT2D eigenvalue weighted by atomic mass is 35.5. The average molecular weight is 342 g/mol. The maximum absolute atomic E-state index is 6.08. The first-order chi connectivity index (χ1) is 11.4. The van der Waals surface area contributed by atoms with Crippen LogP contribution in [-0.2, 0) is 5.54 Å². The number of halogens is 1. The number of para-hydroxylation sites is 1. The Balaban J connectivity index is 2.03. The van der Waals surface area contributed by atoms with E-state index in [4.69, 9.17) is 11.6 Å². The Kier molecular flexibility index (Phi) is 4.28. The first-order valence-electron chi connectivity index (χ1n) is 7.78. The molecule has 0 atom stereocenters. The summed E-state index contributed by atoms with van der Waals surface area (Å²) in [5.74, 6) is 0.736. The smallest absolute Gasteiger partial charge is 0.181 e. The lowest BCUT2D eigenvalue weighted by molar-refractivity contribution is 0.541. The van der Waals surface area contributed by atoms with E-state index in [9.17, 15) is 0 Å². The van der Waals surface area contributed by atoms with Crippen molar-refractivity contribution in [2.75, 3.05) is 5.32 Å². The third kappa shape index (κ3) is 3.12. The second kappa shape index (κ2) is 6.24. The van der Waals surface area contributed by atoms with Crippen LogP contribution in [-0.4, -0.2) is 20.2 Å². The van der Waals surface area contributed by atoms with Gasteiger partial charge in [0, 0.05) is 10.7 Å². The zero-order chi connectivity index (χ0) is 17.3. The molecule has 1 N–H and O–H groups in total. The summed E-state index contributed by atoms with van der Waals surface area (Å²) in [4.78, 5) is 0. The Bertz CT molecular complexity index is 849. The first-order valence-corrected chi connectivity index (χ1v) is 8.15. The van der Waals surface area contributed by atoms with Crippen molar-refractivity contribution in [2.45, 2.75) is 33.2 Å². The van der Waals surface area contributed by atoms with Crippen molar-refractivity contribution in [1.82, 2.24) is 20.2 Å². The van der Waals surface area contributed by atoms with Crippen molar-refractivity contribution in [3.05, 3.63) is 64.4 Å². The summed E-state index contributed by atoms with van der Waals surface area (Å²) in [6.07, 6.45) is 0. The van der Waals surface area contributed by atoms with Crippen molar-refractivity contribution < 1.29 is 0 Å². The number of anilines is 1. The molecule has 5 nitrogen and oxygen atoms in total. The Morgan fingerprint density at radius 1 is 1.04 bits per heavy atom. The van der Waals surface area contributed by atoms with Crippen LogP contribution in [0.5, 0.6) is 0 Å². The SMILES string of the molecule is Cc1cccc(C)c1-n1nnnc1C(C)(C)Nc1cccc(Cl)c1. The number of nitrogens with zero attached hydrogens (tertiary/aromatic N) is 4. The minimum absolute atomic E-state index is 0.483. The van der Waals surface area contributed by atoms with E-state index < -0.39 is 5.54 Å². The first kappa shape index (κ1) is 16.5. The largest absolute Gasteiger partial charge is 0.373 e. The molecule has 3 aromatic rings. The standard InChI is InChI=1S/C18H20ClN5/c1-12-7-5-8-13(2)16(12)24-17(21-22-23-24)18(3,4)20-15-10-6-9-14(19)11-15/h5-11,20H,1-4H3. The molecule has 0 unspecified atom stereocenters. The summed E-state index contributed by atoms with van der Waals surface area (Å²) in [6.45, 7) is 8.21. The third-order valence-electron chi connectivity index (χ3n) is 3.96. The highest BCUT2D eigenvalue weighted by Gasteiger charge is 2.29. The van der Waals surface area contributed by atoms with E-state index in [0.717, 1.165) is 28.3 Å². The van der Waals surface area contributed by atoms with Gasteiger partial charge in [-0.25, -0.2) is 0 Å². The summed E-state index contributed by atoms with van der Waals surface area (Å²) >= 11 is 6.08. The maximum atomic E-state index is 6.08. The third-order valence-corrected chi connectivity index (χ3v) is 4.20. The van der Waals surface area contributed by atoms with Crippen LogP contribution in [0.25, 0.3) is 5.69 Å². The number of aromatic nitrogens is 4. The minimum Gasteiger partial charge on any atom is -0.373 e. The van der Waals surface area contributed by atoms with Gasteiger partial charge in [-0.15, -0.1) is 5.10 Å². The average Bonchev–Trinajstić information content (AvgIpc) is 2.97. The Labute approximate surface area is 146 Å². The number of hydrogen-bond acceptors (Lipinski definition) is 4. The predicted molar refractivity (Wildman–Crippen MR) is 96.7 cm³/mol. The van der Waals surface area contributed by atoms with Crippen molar-refractivity contribution in [3.63, 3.8) is 0 Å². The van der Waals surface area contributed by atoms with Gasteiger partial charge >= 0.3 is 0 Å². The van der Waals surface area contributed by atoms with E-state index in [2.05, 4.69) is 46.8 Å². The fourth-order valence-corrected chi connectivity index (χ4v) is 3.04. The van der Waals surface area contributed by atoms with Crippen LogP contribution < -0.4 is 5.32 Å². The lowest BCUT2D eigenvalue weighted by atomic mass is 10.0. The molecular formula is C18H20ClN5. The number of nitrogens with one attached hydrogen (secondary N) is 1. The molecule has 0 saturated heterocycles. The van der Waals surface area contributed by atoms with Crippen molar-refractivity contribution in [1.29, 1.82) is 0 Å². The van der Waals surface area contributed by atoms with Crippen LogP contribution in [0, 0.1) is 13.8 Å². The lowest BCUT2D eigenvalue weighted by Crippen LogP contribution is -2.32. The molecule has 124 valence electrons. The number of hydrogen-bond donors (Lipinski definition) is 1. The highest BCUT2D eigenvalue weighted by Crippen LogP contribution is 2.28. The van der Waals surface area contributed by atoms with Gasteiger partial charge in [0.25, 0.3) is 0 Å². The molecule has 0 amide bonds. The lowest BCUT2D eigenvalue weighted by Gasteiger charge is -2.27. The summed E-state index contributed by atoms with van der Waals surface area (Å²) in [6, 6.07) is 13.8. The van der Waals surface area contributed by atoms with Crippen LogP contribution in [0.3, 0.4) is 0 Å². The number of benzene rings is 2. The van der Waals surface area contributed by atoms with Gasteiger partial charge in [0.15, 0.2) is 5.82 Å². The van der Waals surface area contributed by atoms with Gasteiger partial charge in [-0.1, -0.05) is 35.9 Å². The summed E-state index contributed by atoms with van der Waals surface area (Å²) in [7, 11) is 0. The molecule has 0 fully saturated rings. The summed E-state index contributed by atoms with van der Waals surface area (Å²) in [5, 5.41) is 16.5. The normalized spacial score (nSPS) is 11.5. The molecule has 0 aliphatic carbocycles. The van der Waals surface area contributed by atoms with E-state index in [1.54, 1.807) is 0 Å². The Morgan fingerprint density at radius 2 is 1.71 bits per heavy atom. The Hall–Kier alpha value is -2.40. The van der Waals surface area contributed by atoms with Crippen LogP contribution in [0.4, 0.5) is 5.69 Å². The second-order valence-electron chi connectivity index (χ2n) is 6.42. The van der Waals surface area contributed by atoms with E-state index in [0.29, 0.717) is 5.02 Å². The molecular weight excluding hydrogens is 322 g/mol. The molecule has 6 heteroatoms. The van der Waals surface area contributed by atoms with E-state index in [1.165, 1.54) is 0 Å². The van der Waals surface area contributed by atoms with Gasteiger partial charge < -0.3 is 5.32 Å². The molecule has 3 rings (SSSR count). The monoisotopic (exact) mass is 341 g/mol. The molecule has 2 aromatic carbocycles. The molecule has 0 aliphatic heterocycles. The van der Waals surface area contributed by atoms with Crippen LogP contribution in [0.2, 0.25) is 5.02 Å². The van der Waals surface area contributed by atoms with E-state index in [-0.39, 0.29) is 0 Å². The highest BCUT2D eigenvalue weighted by molar-refractivity contribution is 6.30. The fourth-order valence-electron chi connectivity index (χ4n) is 2.85. The van der Waals surface area contributed by atoms with Gasteiger partial charge in [-0.05, 0) is 67.4 Å². The van der Waals surface area contributed by atoms with Gasteiger partial charge in [0.1, 0.15) is 0 Å². The zero-order valence-electron chi connectivity index (χ0n) is 14.2. The van der Waals surface area contributed by atoms with Crippen LogP contribution >= 0.6 is 11.6 Å². The van der Waals surface area contributed by atoms with Gasteiger partial charge in [-0.3, -0.25) is 0 Å². The predicted octanol–water partition coefficient (Wildman–Crippen LogP) is 4.28. The minimum atomic E-state index is -0.483. The maximum Gasteiger partial charge on any atom is 0.181 e. The molecule has 0 radical (unpaired) electrons. The topological polar surface area (TPSA) is 55.6 Å². The molecule has 0 bridgehead atoms. The fraction of sp³-hybridized carbons (Fsp3) is 0.278. The van der Waals surface area contributed by atoms with Crippen molar-refractivity contribution in [3.8, 4) is 5.69 Å². The van der Waals surface area contributed by atoms with Gasteiger partial charge in [-0.2, -0.15) is 4.68 Å². The molecule has 1 heterocycles. The summed E-state index contributed by atoms with van der Waals surface area (Å²) < 4.78 is 1.81. The number of tetrazole rings is 1. The molecule has 1 aromatic heterocycles. The number of rotatable bonds is 4. The van der Waals surface area contributed by atoms with E-state index >= 15 is 0 Å². The second-order valence-corrected chi connectivity index (χ2v) is 6.85. The molecule has 24 heavy (non-hydrogen) atoms. The van der Waals surface area contributed by atoms with Gasteiger partial charge in [0.2, 0.25) is 0 Å². The van der Waals surface area contributed by atoms with Crippen LogP contribution in [0.15, 0.2) is 42.5 Å². The van der Waals surface area contributed by atoms with Crippen LogP contribution in [0.1, 0.15) is 30.8 Å². The van der Waals surface area contributed by atoms with Gasteiger partial charge in [0.05, 0.1) is 11.2 Å². The molecule has 0 aliphatic rings. The number of aryl methyl sites for hydroxylation is 2. The van der Waals surface area contributed by atoms with Crippen molar-refractivity contribution in [2.24, 2.45) is 0 Å². The molecule has 0 spiro atoms. The van der Waals surface area contributed by atoms with E-state index in [1.807, 2.05) is 48.9 Å². The quantitative estimate of drug-likeness (QED) is 0.769.